The summed E-state index contributed by atoms with van der Waals surface area (Å²) in [7, 11) is 0. The fraction of sp³-hybridized carbons (Fsp3) is 0.833. The van der Waals surface area contributed by atoms with Gasteiger partial charge in [0.25, 0.3) is 0 Å². The van der Waals surface area contributed by atoms with E-state index in [4.69, 9.17) is 5.26 Å². The van der Waals surface area contributed by atoms with Gasteiger partial charge in [0.2, 0.25) is 0 Å². The molecule has 0 radical (unpaired) electrons. The summed E-state index contributed by atoms with van der Waals surface area (Å²) in [5.74, 6) is 0. The Hall–Kier alpha value is -0.750. The van der Waals surface area contributed by atoms with E-state index in [2.05, 4.69) is 0 Å². The van der Waals surface area contributed by atoms with Crippen LogP contribution in [0.15, 0.2) is 0 Å². The number of hydrogen-bond acceptors (Lipinski definition) is 3. The highest BCUT2D eigenvalue weighted by Gasteiger charge is 2.19. The summed E-state index contributed by atoms with van der Waals surface area (Å²) in [6.07, 6.45) is 1.88. The summed E-state index contributed by atoms with van der Waals surface area (Å²) in [4.78, 5) is 1.30. The SMILES string of the molecule is CCN(C#N)C(C)(C)O. The smallest absolute Gasteiger partial charge is 0.181 e. The van der Waals surface area contributed by atoms with Crippen LogP contribution in [-0.2, 0) is 0 Å². The van der Waals surface area contributed by atoms with Gasteiger partial charge in [0, 0.05) is 6.54 Å². The van der Waals surface area contributed by atoms with Gasteiger partial charge in [0.05, 0.1) is 0 Å². The van der Waals surface area contributed by atoms with Crippen LogP contribution in [0.1, 0.15) is 20.8 Å². The molecule has 0 aromatic carbocycles. The summed E-state index contributed by atoms with van der Waals surface area (Å²) in [5, 5.41) is 17.6. The van der Waals surface area contributed by atoms with Crippen molar-refractivity contribution in [1.29, 1.82) is 5.26 Å². The lowest BCUT2D eigenvalue weighted by Crippen LogP contribution is -2.39. The molecule has 0 aliphatic heterocycles. The molecule has 52 valence electrons. The van der Waals surface area contributed by atoms with Crippen molar-refractivity contribution in [2.24, 2.45) is 0 Å². The molecule has 0 bridgehead atoms. The van der Waals surface area contributed by atoms with Crippen LogP contribution in [0.5, 0.6) is 0 Å². The van der Waals surface area contributed by atoms with Gasteiger partial charge in [0.1, 0.15) is 5.72 Å². The van der Waals surface area contributed by atoms with Gasteiger partial charge in [-0.05, 0) is 20.8 Å². The van der Waals surface area contributed by atoms with Gasteiger partial charge in [-0.1, -0.05) is 0 Å². The monoisotopic (exact) mass is 128 g/mol. The summed E-state index contributed by atoms with van der Waals surface area (Å²) < 4.78 is 0. The molecular weight excluding hydrogens is 116 g/mol. The highest BCUT2D eigenvalue weighted by atomic mass is 16.3. The molecule has 3 heteroatoms. The summed E-state index contributed by atoms with van der Waals surface area (Å²) in [5.41, 5.74) is -1.01. The molecule has 0 spiro atoms. The largest absolute Gasteiger partial charge is 0.371 e. The third-order valence-electron chi connectivity index (χ3n) is 1.10. The average molecular weight is 128 g/mol. The molecule has 0 aromatic rings. The van der Waals surface area contributed by atoms with Gasteiger partial charge >= 0.3 is 0 Å². The Morgan fingerprint density at radius 1 is 1.67 bits per heavy atom. The molecule has 0 aromatic heterocycles. The number of rotatable bonds is 2. The molecule has 0 saturated heterocycles. The fourth-order valence-electron chi connectivity index (χ4n) is 0.580. The van der Waals surface area contributed by atoms with Crippen molar-refractivity contribution in [3.63, 3.8) is 0 Å². The Bertz CT molecular complexity index is 120. The molecule has 9 heavy (non-hydrogen) atoms. The van der Waals surface area contributed by atoms with Crippen LogP contribution in [-0.4, -0.2) is 22.3 Å². The molecule has 0 amide bonds. The first-order valence-electron chi connectivity index (χ1n) is 2.92. The summed E-state index contributed by atoms with van der Waals surface area (Å²) in [6, 6.07) is 0. The van der Waals surface area contributed by atoms with Gasteiger partial charge in [-0.2, -0.15) is 5.26 Å². The zero-order chi connectivity index (χ0) is 7.49. The van der Waals surface area contributed by atoms with Crippen molar-refractivity contribution < 1.29 is 5.11 Å². The lowest BCUT2D eigenvalue weighted by molar-refractivity contribution is -0.0414. The molecule has 0 fully saturated rings. The van der Waals surface area contributed by atoms with Crippen molar-refractivity contribution in [3.05, 3.63) is 0 Å². The van der Waals surface area contributed by atoms with Crippen LogP contribution in [0, 0.1) is 11.5 Å². The van der Waals surface area contributed by atoms with Crippen LogP contribution in [0.2, 0.25) is 0 Å². The van der Waals surface area contributed by atoms with Crippen LogP contribution in [0.25, 0.3) is 0 Å². The van der Waals surface area contributed by atoms with Crippen LogP contribution in [0.3, 0.4) is 0 Å². The van der Waals surface area contributed by atoms with E-state index in [0.29, 0.717) is 6.54 Å². The maximum absolute atomic E-state index is 9.18. The minimum atomic E-state index is -1.01. The molecule has 1 N–H and O–H groups in total. The van der Waals surface area contributed by atoms with E-state index < -0.39 is 5.72 Å². The molecule has 3 nitrogen and oxygen atoms in total. The summed E-state index contributed by atoms with van der Waals surface area (Å²) in [6.45, 7) is 5.53. The number of nitriles is 1. The Labute approximate surface area is 55.5 Å². The third kappa shape index (κ3) is 2.34. The third-order valence-corrected chi connectivity index (χ3v) is 1.10. The molecule has 0 saturated carbocycles. The van der Waals surface area contributed by atoms with Crippen molar-refractivity contribution in [1.82, 2.24) is 4.90 Å². The molecule has 0 unspecified atom stereocenters. The molecule has 0 aliphatic carbocycles. The van der Waals surface area contributed by atoms with Gasteiger partial charge < -0.3 is 5.11 Å². The van der Waals surface area contributed by atoms with Gasteiger partial charge in [-0.25, -0.2) is 0 Å². The number of nitrogens with zero attached hydrogens (tertiary/aromatic N) is 2. The van der Waals surface area contributed by atoms with Crippen LogP contribution < -0.4 is 0 Å². The fourth-order valence-corrected chi connectivity index (χ4v) is 0.580. The van der Waals surface area contributed by atoms with E-state index in [0.717, 1.165) is 0 Å². The second-order valence-electron chi connectivity index (χ2n) is 2.34. The Morgan fingerprint density at radius 3 is 2.11 bits per heavy atom. The molecular formula is C6H12N2O. The van der Waals surface area contributed by atoms with E-state index >= 15 is 0 Å². The van der Waals surface area contributed by atoms with E-state index in [-0.39, 0.29) is 0 Å². The lowest BCUT2D eigenvalue weighted by Gasteiger charge is -2.27. The predicted molar refractivity (Wildman–Crippen MR) is 34.3 cm³/mol. The molecule has 0 atom stereocenters. The van der Waals surface area contributed by atoms with Crippen molar-refractivity contribution in [3.8, 4) is 6.19 Å². The zero-order valence-corrected chi connectivity index (χ0v) is 6.05. The summed E-state index contributed by atoms with van der Waals surface area (Å²) >= 11 is 0. The predicted octanol–water partition coefficient (Wildman–Crippen LogP) is 0.518. The molecule has 0 aliphatic rings. The molecule has 0 rings (SSSR count). The number of aliphatic hydroxyl groups is 1. The van der Waals surface area contributed by atoms with E-state index in [1.807, 2.05) is 13.1 Å². The maximum Gasteiger partial charge on any atom is 0.181 e. The van der Waals surface area contributed by atoms with Gasteiger partial charge in [-0.15, -0.1) is 0 Å². The van der Waals surface area contributed by atoms with E-state index in [9.17, 15) is 5.11 Å². The van der Waals surface area contributed by atoms with Crippen molar-refractivity contribution in [2.75, 3.05) is 6.54 Å². The van der Waals surface area contributed by atoms with Crippen LogP contribution >= 0.6 is 0 Å². The quantitative estimate of drug-likeness (QED) is 0.335. The Kier molecular flexibility index (Phi) is 2.47. The molecule has 0 heterocycles. The second-order valence-corrected chi connectivity index (χ2v) is 2.34. The van der Waals surface area contributed by atoms with Crippen LogP contribution in [0.4, 0.5) is 0 Å². The van der Waals surface area contributed by atoms with Gasteiger partial charge in [-0.3, -0.25) is 4.90 Å². The van der Waals surface area contributed by atoms with Crippen molar-refractivity contribution >= 4 is 0 Å². The normalized spacial score (nSPS) is 10.6. The second kappa shape index (κ2) is 2.70. The van der Waals surface area contributed by atoms with Gasteiger partial charge in [0.15, 0.2) is 6.19 Å². The Balaban J connectivity index is 4.00. The topological polar surface area (TPSA) is 47.3 Å². The first-order chi connectivity index (χ1) is 4.02. The highest BCUT2D eigenvalue weighted by Crippen LogP contribution is 2.06. The number of hydrogen-bond donors (Lipinski definition) is 1. The zero-order valence-electron chi connectivity index (χ0n) is 6.05. The lowest BCUT2D eigenvalue weighted by atomic mass is 10.3. The van der Waals surface area contributed by atoms with Crippen molar-refractivity contribution in [2.45, 2.75) is 26.5 Å². The standard InChI is InChI=1S/C6H12N2O/c1-4-8(5-7)6(2,3)9/h9H,4H2,1-3H3. The first kappa shape index (κ1) is 8.25. The van der Waals surface area contributed by atoms with E-state index in [1.165, 1.54) is 4.90 Å². The Morgan fingerprint density at radius 2 is 2.11 bits per heavy atom. The first-order valence-corrected chi connectivity index (χ1v) is 2.92. The minimum Gasteiger partial charge on any atom is -0.371 e. The highest BCUT2D eigenvalue weighted by molar-refractivity contribution is 4.80. The van der Waals surface area contributed by atoms with E-state index in [1.54, 1.807) is 13.8 Å². The maximum atomic E-state index is 9.18. The minimum absolute atomic E-state index is 0.542. The average Bonchev–Trinajstić information content (AvgIpc) is 1.65.